The molecule has 1 aliphatic heterocycles. The van der Waals surface area contributed by atoms with Crippen molar-refractivity contribution in [1.29, 1.82) is 0 Å². The van der Waals surface area contributed by atoms with Gasteiger partial charge in [0.1, 0.15) is 5.82 Å². The van der Waals surface area contributed by atoms with Gasteiger partial charge in [0.25, 0.3) is 0 Å². The zero-order chi connectivity index (χ0) is 21.0. The Balaban J connectivity index is 1.33. The fourth-order valence-electron chi connectivity index (χ4n) is 3.84. The van der Waals surface area contributed by atoms with E-state index in [1.807, 2.05) is 54.7 Å². The third kappa shape index (κ3) is 4.46. The molecule has 4 aromatic rings. The Kier molecular flexibility index (Phi) is 5.40. The highest BCUT2D eigenvalue weighted by atomic mass is 15.4. The Morgan fingerprint density at radius 3 is 2.48 bits per heavy atom. The Morgan fingerprint density at radius 2 is 1.77 bits per heavy atom. The van der Waals surface area contributed by atoms with Crippen LogP contribution in [0.15, 0.2) is 61.3 Å². The van der Waals surface area contributed by atoms with E-state index in [-0.39, 0.29) is 0 Å². The van der Waals surface area contributed by atoms with Gasteiger partial charge in [0.05, 0.1) is 30.5 Å². The lowest BCUT2D eigenvalue weighted by Gasteiger charge is -2.35. The third-order valence-corrected chi connectivity index (χ3v) is 5.51. The fourth-order valence-corrected chi connectivity index (χ4v) is 3.84. The van der Waals surface area contributed by atoms with Crippen LogP contribution in [0.4, 0.5) is 5.69 Å². The van der Waals surface area contributed by atoms with Gasteiger partial charge in [0, 0.05) is 63.7 Å². The van der Waals surface area contributed by atoms with Crippen LogP contribution < -0.4 is 4.90 Å². The van der Waals surface area contributed by atoms with Gasteiger partial charge in [-0.3, -0.25) is 19.5 Å². The Hall–Kier alpha value is -3.59. The van der Waals surface area contributed by atoms with Crippen LogP contribution in [0.25, 0.3) is 11.4 Å². The quantitative estimate of drug-likeness (QED) is 0.475. The summed E-state index contributed by atoms with van der Waals surface area (Å²) < 4.78 is 3.74. The van der Waals surface area contributed by atoms with Gasteiger partial charge in [0.2, 0.25) is 0 Å². The topological polar surface area (TPSA) is 80.8 Å². The summed E-state index contributed by atoms with van der Waals surface area (Å²) in [4.78, 5) is 18.3. The molecule has 0 aromatic carbocycles. The zero-order valence-electron chi connectivity index (χ0n) is 17.5. The minimum absolute atomic E-state index is 0.598. The van der Waals surface area contributed by atoms with Crippen molar-refractivity contribution in [1.82, 2.24) is 39.4 Å². The number of hydrogen-bond donors (Lipinski definition) is 0. The Labute approximate surface area is 181 Å². The maximum Gasteiger partial charge on any atom is 0.184 e. The Morgan fingerprint density at radius 1 is 0.935 bits per heavy atom. The first-order chi connectivity index (χ1) is 15.2. The molecule has 5 heterocycles. The average molecular weight is 416 g/mol. The molecule has 0 amide bonds. The van der Waals surface area contributed by atoms with Crippen LogP contribution in [0, 0.1) is 0 Å². The molecule has 0 N–H and O–H groups in total. The normalized spacial score (nSPS) is 14.8. The van der Waals surface area contributed by atoms with E-state index in [4.69, 9.17) is 10.1 Å². The van der Waals surface area contributed by atoms with Crippen LogP contribution in [0.3, 0.4) is 0 Å². The Bertz CT molecular complexity index is 1110. The first kappa shape index (κ1) is 19.4. The second-order valence-corrected chi connectivity index (χ2v) is 7.70. The van der Waals surface area contributed by atoms with Gasteiger partial charge in [-0.1, -0.05) is 6.07 Å². The van der Waals surface area contributed by atoms with Crippen LogP contribution >= 0.6 is 0 Å². The van der Waals surface area contributed by atoms with Crippen molar-refractivity contribution in [2.24, 2.45) is 7.05 Å². The number of hydrogen-bond acceptors (Lipinski definition) is 7. The molecule has 31 heavy (non-hydrogen) atoms. The van der Waals surface area contributed by atoms with Crippen LogP contribution in [-0.4, -0.2) is 65.6 Å². The molecule has 1 saturated heterocycles. The molecule has 0 spiro atoms. The first-order valence-corrected chi connectivity index (χ1v) is 10.4. The summed E-state index contributed by atoms with van der Waals surface area (Å²) >= 11 is 0. The molecule has 0 aliphatic carbocycles. The van der Waals surface area contributed by atoms with E-state index in [1.165, 1.54) is 5.69 Å². The van der Waals surface area contributed by atoms with Crippen molar-refractivity contribution in [2.75, 3.05) is 31.1 Å². The van der Waals surface area contributed by atoms with Crippen molar-refractivity contribution < 1.29 is 0 Å². The van der Waals surface area contributed by atoms with Crippen LogP contribution in [0.1, 0.15) is 11.5 Å². The summed E-state index contributed by atoms with van der Waals surface area (Å²) in [6.07, 6.45) is 9.26. The van der Waals surface area contributed by atoms with Gasteiger partial charge in [-0.05, 0) is 24.3 Å². The summed E-state index contributed by atoms with van der Waals surface area (Å²) in [6.45, 7) is 5.26. The molecule has 0 bridgehead atoms. The SMILES string of the molecule is Cn1cc(-c2nc(CN3CCN(c4ccncc4)CC3)n(Cc3ccccn3)n2)cn1. The van der Waals surface area contributed by atoms with Gasteiger partial charge in [-0.15, -0.1) is 0 Å². The smallest absolute Gasteiger partial charge is 0.184 e. The van der Waals surface area contributed by atoms with E-state index in [9.17, 15) is 0 Å². The lowest BCUT2D eigenvalue weighted by atomic mass is 10.2. The first-order valence-electron chi connectivity index (χ1n) is 10.4. The van der Waals surface area contributed by atoms with E-state index in [1.54, 1.807) is 10.9 Å². The summed E-state index contributed by atoms with van der Waals surface area (Å²) in [6, 6.07) is 10.1. The number of anilines is 1. The van der Waals surface area contributed by atoms with E-state index in [0.29, 0.717) is 12.4 Å². The summed E-state index contributed by atoms with van der Waals surface area (Å²) in [5.74, 6) is 1.65. The summed E-state index contributed by atoms with van der Waals surface area (Å²) in [5.41, 5.74) is 3.12. The van der Waals surface area contributed by atoms with Gasteiger partial charge in [-0.25, -0.2) is 9.67 Å². The highest BCUT2D eigenvalue weighted by Crippen LogP contribution is 2.19. The van der Waals surface area contributed by atoms with Crippen molar-refractivity contribution >= 4 is 5.69 Å². The number of pyridine rings is 2. The van der Waals surface area contributed by atoms with E-state index in [2.05, 4.69) is 37.0 Å². The molecule has 9 nitrogen and oxygen atoms in total. The van der Waals surface area contributed by atoms with Gasteiger partial charge in [0.15, 0.2) is 5.82 Å². The number of aryl methyl sites for hydroxylation is 1. The fraction of sp³-hybridized carbons (Fsp3) is 0.318. The molecule has 158 valence electrons. The maximum atomic E-state index is 4.87. The largest absolute Gasteiger partial charge is 0.369 e. The second kappa shape index (κ2) is 8.65. The second-order valence-electron chi connectivity index (χ2n) is 7.70. The minimum Gasteiger partial charge on any atom is -0.369 e. The molecular formula is C22H25N9. The van der Waals surface area contributed by atoms with E-state index >= 15 is 0 Å². The highest BCUT2D eigenvalue weighted by Gasteiger charge is 2.21. The number of nitrogens with zero attached hydrogens (tertiary/aromatic N) is 9. The molecule has 5 rings (SSSR count). The van der Waals surface area contributed by atoms with Crippen molar-refractivity contribution in [3.63, 3.8) is 0 Å². The highest BCUT2D eigenvalue weighted by molar-refractivity contribution is 5.51. The van der Waals surface area contributed by atoms with Crippen LogP contribution in [-0.2, 0) is 20.1 Å². The van der Waals surface area contributed by atoms with Crippen LogP contribution in [0.5, 0.6) is 0 Å². The van der Waals surface area contributed by atoms with Crippen LogP contribution in [0.2, 0.25) is 0 Å². The summed E-state index contributed by atoms with van der Waals surface area (Å²) in [7, 11) is 1.90. The minimum atomic E-state index is 0.598. The third-order valence-electron chi connectivity index (χ3n) is 5.51. The molecule has 1 fully saturated rings. The number of rotatable bonds is 6. The molecule has 0 atom stereocenters. The molecule has 4 aromatic heterocycles. The lowest BCUT2D eigenvalue weighted by Crippen LogP contribution is -2.46. The zero-order valence-corrected chi connectivity index (χ0v) is 17.5. The monoisotopic (exact) mass is 415 g/mol. The van der Waals surface area contributed by atoms with Crippen molar-refractivity contribution in [2.45, 2.75) is 13.1 Å². The lowest BCUT2D eigenvalue weighted by molar-refractivity contribution is 0.240. The number of aromatic nitrogens is 7. The van der Waals surface area contributed by atoms with E-state index < -0.39 is 0 Å². The van der Waals surface area contributed by atoms with Gasteiger partial charge in [-0.2, -0.15) is 10.2 Å². The molecule has 0 radical (unpaired) electrons. The van der Waals surface area contributed by atoms with Gasteiger partial charge < -0.3 is 4.90 Å². The predicted octanol–water partition coefficient (Wildman–Crippen LogP) is 1.84. The standard InChI is InChI=1S/C22H25N9/c1-28-15-18(14-25-28)22-26-21(31(27-22)16-19-4-2-3-7-24-19)17-29-10-12-30(13-11-29)20-5-8-23-9-6-20/h2-9,14-15H,10-13,16-17H2,1H3. The molecular weight excluding hydrogens is 390 g/mol. The van der Waals surface area contributed by atoms with Crippen molar-refractivity contribution in [3.8, 4) is 11.4 Å². The molecule has 0 saturated carbocycles. The van der Waals surface area contributed by atoms with E-state index in [0.717, 1.165) is 49.8 Å². The summed E-state index contributed by atoms with van der Waals surface area (Å²) in [5, 5.41) is 9.05. The van der Waals surface area contributed by atoms with Crippen molar-refractivity contribution in [3.05, 3.63) is 72.8 Å². The molecule has 1 aliphatic rings. The molecule has 9 heteroatoms. The number of piperazine rings is 1. The molecule has 0 unspecified atom stereocenters. The maximum absolute atomic E-state index is 4.87. The predicted molar refractivity (Wildman–Crippen MR) is 117 cm³/mol. The average Bonchev–Trinajstić information content (AvgIpc) is 3.42. The van der Waals surface area contributed by atoms with Gasteiger partial charge >= 0.3 is 0 Å².